The van der Waals surface area contributed by atoms with Crippen LogP contribution in [0.5, 0.6) is 5.75 Å². The highest BCUT2D eigenvalue weighted by atomic mass is 35.5. The minimum Gasteiger partial charge on any atom is -0.506 e. The summed E-state index contributed by atoms with van der Waals surface area (Å²) in [4.78, 5) is 0. The number of halogens is 5. The van der Waals surface area contributed by atoms with E-state index >= 15 is 0 Å². The smallest absolute Gasteiger partial charge is 0.416 e. The second-order valence-corrected chi connectivity index (χ2v) is 4.70. The molecule has 2 rings (SSSR count). The molecule has 2 nitrogen and oxygen atoms in total. The van der Waals surface area contributed by atoms with Crippen LogP contribution < -0.4 is 5.32 Å². The van der Waals surface area contributed by atoms with Crippen LogP contribution in [0, 0.1) is 5.82 Å². The third kappa shape index (κ3) is 3.58. The van der Waals surface area contributed by atoms with Crippen molar-refractivity contribution in [3.8, 4) is 5.75 Å². The number of phenols is 1. The lowest BCUT2D eigenvalue weighted by atomic mass is 10.1. The van der Waals surface area contributed by atoms with Gasteiger partial charge in [0.25, 0.3) is 0 Å². The minimum atomic E-state index is -4.55. The molecule has 0 spiro atoms. The monoisotopic (exact) mass is 319 g/mol. The molecular formula is C14H10ClF4NO. The molecule has 0 aromatic heterocycles. The Morgan fingerprint density at radius 3 is 2.52 bits per heavy atom. The third-order valence-electron chi connectivity index (χ3n) is 2.83. The van der Waals surface area contributed by atoms with Gasteiger partial charge in [-0.25, -0.2) is 4.39 Å². The van der Waals surface area contributed by atoms with Gasteiger partial charge in [-0.15, -0.1) is 0 Å². The van der Waals surface area contributed by atoms with E-state index in [1.54, 1.807) is 6.07 Å². The number of hydrogen-bond donors (Lipinski definition) is 2. The lowest BCUT2D eigenvalue weighted by Gasteiger charge is -2.12. The van der Waals surface area contributed by atoms with Gasteiger partial charge in [-0.1, -0.05) is 23.7 Å². The Morgan fingerprint density at radius 2 is 1.86 bits per heavy atom. The summed E-state index contributed by atoms with van der Waals surface area (Å²) < 4.78 is 51.2. The van der Waals surface area contributed by atoms with Crippen molar-refractivity contribution in [1.29, 1.82) is 0 Å². The number of nitrogens with one attached hydrogen (secondary N) is 1. The first-order valence-electron chi connectivity index (χ1n) is 5.86. The van der Waals surface area contributed by atoms with E-state index in [-0.39, 0.29) is 23.0 Å². The summed E-state index contributed by atoms with van der Waals surface area (Å²) in [5, 5.41) is 12.3. The van der Waals surface area contributed by atoms with E-state index in [2.05, 4.69) is 5.32 Å². The van der Waals surface area contributed by atoms with E-state index in [0.29, 0.717) is 17.7 Å². The molecule has 0 aliphatic carbocycles. The van der Waals surface area contributed by atoms with E-state index in [0.717, 1.165) is 6.07 Å². The zero-order valence-corrected chi connectivity index (χ0v) is 11.3. The average Bonchev–Trinajstić information content (AvgIpc) is 2.40. The SMILES string of the molecule is Oc1c(Cl)cccc1CNc1cc(C(F)(F)F)ccc1F. The van der Waals surface area contributed by atoms with E-state index in [1.807, 2.05) is 0 Å². The van der Waals surface area contributed by atoms with Crippen molar-refractivity contribution >= 4 is 17.3 Å². The van der Waals surface area contributed by atoms with Crippen LogP contribution in [0.15, 0.2) is 36.4 Å². The molecule has 0 fully saturated rings. The van der Waals surface area contributed by atoms with Crippen LogP contribution in [0.1, 0.15) is 11.1 Å². The second-order valence-electron chi connectivity index (χ2n) is 4.29. The Morgan fingerprint density at radius 1 is 1.14 bits per heavy atom. The molecule has 7 heteroatoms. The topological polar surface area (TPSA) is 32.3 Å². The van der Waals surface area contributed by atoms with Crippen LogP contribution in [0.4, 0.5) is 23.2 Å². The van der Waals surface area contributed by atoms with Crippen LogP contribution in [0.3, 0.4) is 0 Å². The Bertz CT molecular complexity index is 658. The van der Waals surface area contributed by atoms with Crippen LogP contribution >= 0.6 is 11.6 Å². The van der Waals surface area contributed by atoms with Gasteiger partial charge in [-0.3, -0.25) is 0 Å². The van der Waals surface area contributed by atoms with E-state index in [9.17, 15) is 22.7 Å². The zero-order chi connectivity index (χ0) is 15.6. The fourth-order valence-corrected chi connectivity index (χ4v) is 1.92. The first-order valence-corrected chi connectivity index (χ1v) is 6.24. The number of benzene rings is 2. The maximum absolute atomic E-state index is 13.5. The Kier molecular flexibility index (Phi) is 4.27. The minimum absolute atomic E-state index is 0.0649. The molecule has 0 bridgehead atoms. The zero-order valence-electron chi connectivity index (χ0n) is 10.5. The number of alkyl halides is 3. The lowest BCUT2D eigenvalue weighted by molar-refractivity contribution is -0.137. The van der Waals surface area contributed by atoms with Crippen molar-refractivity contribution in [3.05, 3.63) is 58.4 Å². The number of rotatable bonds is 3. The van der Waals surface area contributed by atoms with E-state index in [1.165, 1.54) is 12.1 Å². The molecule has 2 aromatic carbocycles. The van der Waals surface area contributed by atoms with Gasteiger partial charge in [0.2, 0.25) is 0 Å². The van der Waals surface area contributed by atoms with Crippen LogP contribution in [-0.4, -0.2) is 5.11 Å². The van der Waals surface area contributed by atoms with Crippen molar-refractivity contribution in [2.45, 2.75) is 12.7 Å². The number of anilines is 1. The standard InChI is InChI=1S/C14H10ClF4NO/c15-10-3-1-2-8(13(10)21)7-20-12-6-9(14(17,18)19)4-5-11(12)16/h1-6,20-21H,7H2. The van der Waals surface area contributed by atoms with Gasteiger partial charge >= 0.3 is 6.18 Å². The quantitative estimate of drug-likeness (QED) is 0.795. The molecule has 0 saturated carbocycles. The fraction of sp³-hybridized carbons (Fsp3) is 0.143. The molecule has 2 aromatic rings. The fourth-order valence-electron chi connectivity index (χ4n) is 1.73. The van der Waals surface area contributed by atoms with E-state index in [4.69, 9.17) is 11.6 Å². The molecule has 2 N–H and O–H groups in total. The van der Waals surface area contributed by atoms with Gasteiger partial charge in [-0.05, 0) is 24.3 Å². The predicted molar refractivity (Wildman–Crippen MR) is 71.8 cm³/mol. The maximum atomic E-state index is 13.5. The first kappa shape index (κ1) is 15.4. The number of phenolic OH excluding ortho intramolecular Hbond substituents is 1. The summed E-state index contributed by atoms with van der Waals surface area (Å²) in [6.07, 6.45) is -4.55. The summed E-state index contributed by atoms with van der Waals surface area (Å²) >= 11 is 5.71. The summed E-state index contributed by atoms with van der Waals surface area (Å²) in [5.41, 5.74) is -0.912. The molecule has 0 aliphatic heterocycles. The van der Waals surface area contributed by atoms with Gasteiger partial charge in [0.05, 0.1) is 16.3 Å². The van der Waals surface area contributed by atoms with Gasteiger partial charge in [-0.2, -0.15) is 13.2 Å². The predicted octanol–water partition coefficient (Wildman–Crippen LogP) is 4.82. The summed E-state index contributed by atoms with van der Waals surface area (Å²) in [6, 6.07) is 6.64. The largest absolute Gasteiger partial charge is 0.506 e. The normalized spacial score (nSPS) is 11.5. The average molecular weight is 320 g/mol. The number of aromatic hydroxyl groups is 1. The lowest BCUT2D eigenvalue weighted by Crippen LogP contribution is -2.08. The number of hydrogen-bond acceptors (Lipinski definition) is 2. The van der Waals surface area contributed by atoms with Gasteiger partial charge < -0.3 is 10.4 Å². The molecule has 112 valence electrons. The molecule has 0 saturated heterocycles. The van der Waals surface area contributed by atoms with Gasteiger partial charge in [0, 0.05) is 12.1 Å². The Balaban J connectivity index is 2.22. The summed E-state index contributed by atoms with van der Waals surface area (Å²) in [7, 11) is 0. The molecule has 0 heterocycles. The molecular weight excluding hydrogens is 310 g/mol. The molecule has 0 aliphatic rings. The van der Waals surface area contributed by atoms with Crippen LogP contribution in [0.2, 0.25) is 5.02 Å². The van der Waals surface area contributed by atoms with Crippen LogP contribution in [0.25, 0.3) is 0 Å². The van der Waals surface area contributed by atoms with Gasteiger partial charge in [0.1, 0.15) is 11.6 Å². The van der Waals surface area contributed by atoms with Crippen molar-refractivity contribution in [2.75, 3.05) is 5.32 Å². The summed E-state index contributed by atoms with van der Waals surface area (Å²) in [6.45, 7) is -0.0649. The number of para-hydroxylation sites is 1. The van der Waals surface area contributed by atoms with Crippen molar-refractivity contribution in [3.63, 3.8) is 0 Å². The van der Waals surface area contributed by atoms with Gasteiger partial charge in [0.15, 0.2) is 0 Å². The highest BCUT2D eigenvalue weighted by Crippen LogP contribution is 2.32. The van der Waals surface area contributed by atoms with E-state index < -0.39 is 17.6 Å². The molecule has 21 heavy (non-hydrogen) atoms. The highest BCUT2D eigenvalue weighted by molar-refractivity contribution is 6.32. The van der Waals surface area contributed by atoms with Crippen molar-refractivity contribution in [2.24, 2.45) is 0 Å². The molecule has 0 amide bonds. The third-order valence-corrected chi connectivity index (χ3v) is 3.14. The van der Waals surface area contributed by atoms with Crippen LogP contribution in [-0.2, 0) is 12.7 Å². The first-order chi connectivity index (χ1) is 9.79. The highest BCUT2D eigenvalue weighted by Gasteiger charge is 2.31. The molecule has 0 unspecified atom stereocenters. The summed E-state index contributed by atoms with van der Waals surface area (Å²) in [5.74, 6) is -1.01. The molecule has 0 radical (unpaired) electrons. The van der Waals surface area contributed by atoms with Crippen molar-refractivity contribution < 1.29 is 22.7 Å². The Labute approximate surface area is 123 Å². The van der Waals surface area contributed by atoms with Crippen molar-refractivity contribution in [1.82, 2.24) is 0 Å². The second kappa shape index (κ2) is 5.81. The maximum Gasteiger partial charge on any atom is 0.416 e. The Hall–Kier alpha value is -1.95. The molecule has 0 atom stereocenters.